The van der Waals surface area contributed by atoms with Crippen molar-refractivity contribution >= 4 is 34.3 Å². The SMILES string of the molecule is COc1cccc(NC(=O)c2oc3ccccc3c2CSC2CCCCC2)c1. The second kappa shape index (κ2) is 8.74. The zero-order valence-corrected chi connectivity index (χ0v) is 16.9. The Morgan fingerprint density at radius 1 is 1.14 bits per heavy atom. The van der Waals surface area contributed by atoms with Crippen LogP contribution < -0.4 is 10.1 Å². The summed E-state index contributed by atoms with van der Waals surface area (Å²) in [5.74, 6) is 1.69. The van der Waals surface area contributed by atoms with Gasteiger partial charge in [0.2, 0.25) is 0 Å². The first-order valence-corrected chi connectivity index (χ1v) is 10.9. The number of carbonyl (C=O) groups is 1. The Hall–Kier alpha value is -2.40. The second-order valence-electron chi connectivity index (χ2n) is 7.16. The molecule has 1 fully saturated rings. The molecule has 0 unspecified atom stereocenters. The zero-order valence-electron chi connectivity index (χ0n) is 16.1. The fraction of sp³-hybridized carbons (Fsp3) is 0.348. The average Bonchev–Trinajstić information content (AvgIpc) is 3.12. The largest absolute Gasteiger partial charge is 0.497 e. The van der Waals surface area contributed by atoms with Crippen molar-refractivity contribution in [1.29, 1.82) is 0 Å². The number of thioether (sulfide) groups is 1. The van der Waals surface area contributed by atoms with E-state index in [1.54, 1.807) is 13.2 Å². The van der Waals surface area contributed by atoms with Gasteiger partial charge in [-0.1, -0.05) is 43.5 Å². The van der Waals surface area contributed by atoms with Crippen LogP contribution in [0, 0.1) is 0 Å². The molecule has 1 aliphatic carbocycles. The van der Waals surface area contributed by atoms with Crippen LogP contribution in [0.25, 0.3) is 11.0 Å². The van der Waals surface area contributed by atoms with Crippen molar-refractivity contribution < 1.29 is 13.9 Å². The predicted octanol–water partition coefficient (Wildman–Crippen LogP) is 6.26. The van der Waals surface area contributed by atoms with Gasteiger partial charge >= 0.3 is 0 Å². The fourth-order valence-electron chi connectivity index (χ4n) is 3.75. The minimum absolute atomic E-state index is 0.219. The van der Waals surface area contributed by atoms with Crippen LogP contribution in [-0.4, -0.2) is 18.3 Å². The molecule has 4 nitrogen and oxygen atoms in total. The number of benzene rings is 2. The van der Waals surface area contributed by atoms with E-state index in [0.717, 1.165) is 22.3 Å². The average molecular weight is 396 g/mol. The number of methoxy groups -OCH3 is 1. The lowest BCUT2D eigenvalue weighted by Gasteiger charge is -2.20. The third kappa shape index (κ3) is 4.20. The number of rotatable bonds is 6. The van der Waals surface area contributed by atoms with Crippen molar-refractivity contribution in [3.8, 4) is 5.75 Å². The number of ether oxygens (including phenoxy) is 1. The van der Waals surface area contributed by atoms with Gasteiger partial charge < -0.3 is 14.5 Å². The fourth-order valence-corrected chi connectivity index (χ4v) is 5.10. The molecule has 0 spiro atoms. The van der Waals surface area contributed by atoms with Crippen molar-refractivity contribution in [2.24, 2.45) is 0 Å². The van der Waals surface area contributed by atoms with Gasteiger partial charge in [0.05, 0.1) is 7.11 Å². The van der Waals surface area contributed by atoms with E-state index < -0.39 is 0 Å². The molecule has 146 valence electrons. The molecule has 0 saturated heterocycles. The number of hydrogen-bond donors (Lipinski definition) is 1. The molecule has 5 heteroatoms. The van der Waals surface area contributed by atoms with Crippen LogP contribution in [0.4, 0.5) is 5.69 Å². The molecule has 1 N–H and O–H groups in total. The highest BCUT2D eigenvalue weighted by Crippen LogP contribution is 2.35. The van der Waals surface area contributed by atoms with Crippen molar-refractivity contribution in [2.75, 3.05) is 12.4 Å². The predicted molar refractivity (Wildman–Crippen MR) is 115 cm³/mol. The van der Waals surface area contributed by atoms with Crippen molar-refractivity contribution in [1.82, 2.24) is 0 Å². The van der Waals surface area contributed by atoms with Gasteiger partial charge in [-0.05, 0) is 31.0 Å². The molecule has 0 bridgehead atoms. The minimum Gasteiger partial charge on any atom is -0.497 e. The number of furan rings is 1. The summed E-state index contributed by atoms with van der Waals surface area (Å²) in [6.45, 7) is 0. The molecule has 28 heavy (non-hydrogen) atoms. The normalized spacial score (nSPS) is 14.9. The van der Waals surface area contributed by atoms with Crippen LogP contribution in [0.1, 0.15) is 48.2 Å². The van der Waals surface area contributed by atoms with Crippen LogP contribution in [0.2, 0.25) is 0 Å². The molecule has 1 aromatic heterocycles. The van der Waals surface area contributed by atoms with Gasteiger partial charge in [0, 0.05) is 33.7 Å². The van der Waals surface area contributed by atoms with Gasteiger partial charge in [-0.25, -0.2) is 0 Å². The maximum absolute atomic E-state index is 13.0. The molecule has 0 radical (unpaired) electrons. The first-order valence-electron chi connectivity index (χ1n) is 9.82. The molecule has 2 aromatic carbocycles. The Morgan fingerprint density at radius 2 is 1.96 bits per heavy atom. The number of para-hydroxylation sites is 1. The van der Waals surface area contributed by atoms with Crippen LogP contribution >= 0.6 is 11.8 Å². The van der Waals surface area contributed by atoms with Crippen molar-refractivity contribution in [3.63, 3.8) is 0 Å². The Kier molecular flexibility index (Phi) is 5.91. The number of amides is 1. The minimum atomic E-state index is -0.219. The summed E-state index contributed by atoms with van der Waals surface area (Å²) in [6.07, 6.45) is 6.51. The summed E-state index contributed by atoms with van der Waals surface area (Å²) >= 11 is 1.95. The number of hydrogen-bond acceptors (Lipinski definition) is 4. The van der Waals surface area contributed by atoms with Crippen molar-refractivity contribution in [2.45, 2.75) is 43.1 Å². The lowest BCUT2D eigenvalue weighted by Crippen LogP contribution is -2.13. The second-order valence-corrected chi connectivity index (χ2v) is 8.45. The molecule has 4 rings (SSSR count). The first-order chi connectivity index (χ1) is 13.7. The lowest BCUT2D eigenvalue weighted by atomic mass is 10.0. The van der Waals surface area contributed by atoms with Crippen LogP contribution in [0.3, 0.4) is 0 Å². The van der Waals surface area contributed by atoms with E-state index in [1.165, 1.54) is 32.1 Å². The van der Waals surface area contributed by atoms with Gasteiger partial charge in [0.25, 0.3) is 5.91 Å². The standard InChI is InChI=1S/C23H25NO3S/c1-26-17-9-7-8-16(14-17)24-23(25)22-20(15-28-18-10-3-2-4-11-18)19-12-5-6-13-21(19)27-22/h5-9,12-14,18H,2-4,10-11,15H2,1H3,(H,24,25). The van der Waals surface area contributed by atoms with E-state index in [4.69, 9.17) is 9.15 Å². The van der Waals surface area contributed by atoms with Gasteiger partial charge in [-0.3, -0.25) is 4.79 Å². The van der Waals surface area contributed by atoms with E-state index in [1.807, 2.05) is 54.2 Å². The molecule has 1 saturated carbocycles. The molecule has 1 heterocycles. The Labute approximate surface area is 169 Å². The highest BCUT2D eigenvalue weighted by molar-refractivity contribution is 7.99. The zero-order chi connectivity index (χ0) is 19.3. The topological polar surface area (TPSA) is 51.5 Å². The van der Waals surface area contributed by atoms with E-state index in [-0.39, 0.29) is 5.91 Å². The summed E-state index contributed by atoms with van der Waals surface area (Å²) in [7, 11) is 1.61. The van der Waals surface area contributed by atoms with Crippen LogP contribution in [0.15, 0.2) is 52.9 Å². The maximum Gasteiger partial charge on any atom is 0.291 e. The molecule has 0 atom stereocenters. The quantitative estimate of drug-likeness (QED) is 0.535. The smallest absolute Gasteiger partial charge is 0.291 e. The number of nitrogens with one attached hydrogen (secondary N) is 1. The van der Waals surface area contributed by atoms with Crippen LogP contribution in [0.5, 0.6) is 5.75 Å². The highest BCUT2D eigenvalue weighted by atomic mass is 32.2. The van der Waals surface area contributed by atoms with Gasteiger partial charge in [-0.15, -0.1) is 0 Å². The number of carbonyl (C=O) groups excluding carboxylic acids is 1. The number of anilines is 1. The van der Waals surface area contributed by atoms with E-state index in [2.05, 4.69) is 5.32 Å². The molecular weight excluding hydrogens is 370 g/mol. The van der Waals surface area contributed by atoms with E-state index >= 15 is 0 Å². The number of fused-ring (bicyclic) bond motifs is 1. The Bertz CT molecular complexity index is 959. The molecule has 1 aliphatic rings. The summed E-state index contributed by atoms with van der Waals surface area (Å²) < 4.78 is 11.2. The molecule has 0 aliphatic heterocycles. The van der Waals surface area contributed by atoms with Gasteiger partial charge in [-0.2, -0.15) is 11.8 Å². The van der Waals surface area contributed by atoms with Gasteiger partial charge in [0.1, 0.15) is 11.3 Å². The monoisotopic (exact) mass is 395 g/mol. The summed E-state index contributed by atoms with van der Waals surface area (Å²) in [5.41, 5.74) is 2.44. The highest BCUT2D eigenvalue weighted by Gasteiger charge is 2.22. The third-order valence-corrected chi connectivity index (χ3v) is 6.65. The summed E-state index contributed by atoms with van der Waals surface area (Å²) in [6, 6.07) is 15.3. The summed E-state index contributed by atoms with van der Waals surface area (Å²) in [5, 5.41) is 4.66. The van der Waals surface area contributed by atoms with E-state index in [0.29, 0.717) is 22.4 Å². The Balaban J connectivity index is 1.58. The molecular formula is C23H25NO3S. The first kappa shape index (κ1) is 18.9. The van der Waals surface area contributed by atoms with E-state index in [9.17, 15) is 4.79 Å². The lowest BCUT2D eigenvalue weighted by molar-refractivity contribution is 0.0998. The Morgan fingerprint density at radius 3 is 2.79 bits per heavy atom. The third-order valence-electron chi connectivity index (χ3n) is 5.25. The summed E-state index contributed by atoms with van der Waals surface area (Å²) in [4.78, 5) is 13.0. The van der Waals surface area contributed by atoms with Crippen molar-refractivity contribution in [3.05, 3.63) is 59.9 Å². The van der Waals surface area contributed by atoms with Crippen LogP contribution in [-0.2, 0) is 5.75 Å². The molecule has 3 aromatic rings. The molecule has 1 amide bonds. The maximum atomic E-state index is 13.0. The van der Waals surface area contributed by atoms with Gasteiger partial charge in [0.15, 0.2) is 5.76 Å².